The summed E-state index contributed by atoms with van der Waals surface area (Å²) < 4.78 is 0. The molecule has 0 unspecified atom stereocenters. The number of anilines is 1. The van der Waals surface area contributed by atoms with Gasteiger partial charge in [0.1, 0.15) is 0 Å². The zero-order valence-corrected chi connectivity index (χ0v) is 11.3. The topological polar surface area (TPSA) is 27.6 Å². The van der Waals surface area contributed by atoms with Crippen molar-refractivity contribution in [2.45, 2.75) is 6.42 Å². The molecule has 1 aliphatic heterocycles. The average molecular weight is 263 g/mol. The molecule has 2 aromatic carbocycles. The third-order valence-electron chi connectivity index (χ3n) is 3.45. The lowest BCUT2D eigenvalue weighted by atomic mass is 10.1. The quantitative estimate of drug-likeness (QED) is 0.677. The van der Waals surface area contributed by atoms with Gasteiger partial charge < -0.3 is 0 Å². The summed E-state index contributed by atoms with van der Waals surface area (Å²) in [6.07, 6.45) is 4.72. The van der Waals surface area contributed by atoms with E-state index in [9.17, 15) is 0 Å². The fourth-order valence-electron chi connectivity index (χ4n) is 2.33. The van der Waals surface area contributed by atoms with Crippen molar-refractivity contribution in [1.29, 1.82) is 0 Å². The third-order valence-corrected chi connectivity index (χ3v) is 3.45. The highest BCUT2D eigenvalue weighted by molar-refractivity contribution is 5.79. The maximum atomic E-state index is 4.30. The van der Waals surface area contributed by atoms with Crippen LogP contribution in [0.3, 0.4) is 0 Å². The summed E-state index contributed by atoms with van der Waals surface area (Å²) in [4.78, 5) is 0. The van der Waals surface area contributed by atoms with Crippen molar-refractivity contribution >= 4 is 18.0 Å². The van der Waals surface area contributed by atoms with Gasteiger partial charge in [-0.2, -0.15) is 5.10 Å². The molecule has 0 saturated carbocycles. The first-order chi connectivity index (χ1) is 9.86. The lowest BCUT2D eigenvalue weighted by molar-refractivity contribution is 0.684. The number of fused-ring (bicyclic) bond motifs is 1. The van der Waals surface area contributed by atoms with E-state index in [0.29, 0.717) is 0 Å². The summed E-state index contributed by atoms with van der Waals surface area (Å²) in [6.45, 7) is 4.69. The molecule has 0 aromatic heterocycles. The van der Waals surface area contributed by atoms with Gasteiger partial charge in [0, 0.05) is 6.54 Å². The van der Waals surface area contributed by atoms with Crippen molar-refractivity contribution < 1.29 is 0 Å². The average Bonchev–Trinajstić information content (AvgIpc) is 2.92. The first-order valence-electron chi connectivity index (χ1n) is 6.73. The Morgan fingerprint density at radius 1 is 1.05 bits per heavy atom. The monoisotopic (exact) mass is 263 g/mol. The molecule has 3 rings (SSSR count). The van der Waals surface area contributed by atoms with Crippen LogP contribution in [0.15, 0.2) is 60.2 Å². The van der Waals surface area contributed by atoms with Gasteiger partial charge >= 0.3 is 0 Å². The minimum atomic E-state index is 0.950. The molecule has 1 aliphatic rings. The highest BCUT2D eigenvalue weighted by Gasteiger charge is 2.17. The van der Waals surface area contributed by atoms with Crippen LogP contribution >= 0.6 is 0 Å². The third kappa shape index (κ3) is 2.57. The highest BCUT2D eigenvalue weighted by Crippen LogP contribution is 2.25. The van der Waals surface area contributed by atoms with Gasteiger partial charge in [-0.05, 0) is 29.2 Å². The van der Waals surface area contributed by atoms with E-state index < -0.39 is 0 Å². The molecule has 100 valence electrons. The number of rotatable bonds is 4. The second-order valence-corrected chi connectivity index (χ2v) is 4.76. The van der Waals surface area contributed by atoms with Crippen molar-refractivity contribution in [3.05, 3.63) is 71.8 Å². The molecule has 2 aromatic rings. The molecule has 1 heterocycles. The van der Waals surface area contributed by atoms with Gasteiger partial charge in [0.15, 0.2) is 0 Å². The molecule has 0 atom stereocenters. The second-order valence-electron chi connectivity index (χ2n) is 4.76. The van der Waals surface area contributed by atoms with Crippen molar-refractivity contribution in [1.82, 2.24) is 5.53 Å². The maximum Gasteiger partial charge on any atom is 0.0620 e. The largest absolute Gasteiger partial charge is 0.272 e. The zero-order valence-electron chi connectivity index (χ0n) is 11.3. The van der Waals surface area contributed by atoms with Crippen molar-refractivity contribution in [3.63, 3.8) is 0 Å². The van der Waals surface area contributed by atoms with Gasteiger partial charge in [-0.15, -0.1) is 0 Å². The zero-order chi connectivity index (χ0) is 13.8. The molecular formula is C17H17N3. The minimum Gasteiger partial charge on any atom is -0.272 e. The fraction of sp³-hybridized carbons (Fsp3) is 0.118. The molecule has 20 heavy (non-hydrogen) atoms. The van der Waals surface area contributed by atoms with Crippen LogP contribution in [-0.2, 0) is 6.42 Å². The molecular weight excluding hydrogens is 246 g/mol. The number of hydrazine groups is 1. The summed E-state index contributed by atoms with van der Waals surface area (Å²) in [7, 11) is 0. The van der Waals surface area contributed by atoms with Crippen molar-refractivity contribution in [2.24, 2.45) is 5.10 Å². The first kappa shape index (κ1) is 12.5. The Hall–Kier alpha value is -2.55. The standard InChI is InChI=1S/C17H17N3/c1-2-14-7-9-15(10-8-14)13-18-19-20-12-11-16-5-3-4-6-17(16)20/h2-10,13,19H,1,11-12H2/b18-13+. The van der Waals surface area contributed by atoms with Crippen molar-refractivity contribution in [3.8, 4) is 0 Å². The van der Waals surface area contributed by atoms with E-state index in [4.69, 9.17) is 0 Å². The van der Waals surface area contributed by atoms with Crippen LogP contribution in [-0.4, -0.2) is 12.8 Å². The normalized spacial score (nSPS) is 13.5. The Kier molecular flexibility index (Phi) is 3.50. The molecule has 3 nitrogen and oxygen atoms in total. The number of hydrogen-bond donors (Lipinski definition) is 1. The lowest BCUT2D eigenvalue weighted by Gasteiger charge is -2.17. The summed E-state index contributed by atoms with van der Waals surface area (Å²) in [5.74, 6) is 0. The molecule has 0 radical (unpaired) electrons. The summed E-state index contributed by atoms with van der Waals surface area (Å²) >= 11 is 0. The Balaban J connectivity index is 1.65. The number of hydrogen-bond acceptors (Lipinski definition) is 3. The number of nitrogens with one attached hydrogen (secondary N) is 1. The number of nitrogens with zero attached hydrogens (tertiary/aromatic N) is 2. The minimum absolute atomic E-state index is 0.950. The van der Waals surface area contributed by atoms with Gasteiger partial charge in [0.05, 0.1) is 11.9 Å². The Morgan fingerprint density at radius 3 is 2.60 bits per heavy atom. The summed E-state index contributed by atoms with van der Waals surface area (Å²) in [6, 6.07) is 16.5. The van der Waals surface area contributed by atoms with Crippen LogP contribution in [0.1, 0.15) is 16.7 Å². The van der Waals surface area contributed by atoms with Gasteiger partial charge in [-0.1, -0.05) is 55.1 Å². The molecule has 0 amide bonds. The molecule has 0 fully saturated rings. The van der Waals surface area contributed by atoms with Gasteiger partial charge in [-0.25, -0.2) is 5.53 Å². The fourth-order valence-corrected chi connectivity index (χ4v) is 2.33. The Morgan fingerprint density at radius 2 is 1.80 bits per heavy atom. The van der Waals surface area contributed by atoms with E-state index in [1.165, 1.54) is 11.3 Å². The van der Waals surface area contributed by atoms with Crippen LogP contribution in [0.4, 0.5) is 5.69 Å². The van der Waals surface area contributed by atoms with E-state index in [1.807, 2.05) is 36.6 Å². The SMILES string of the molecule is C=Cc1ccc(/C=N/NN2CCc3ccccc32)cc1. The Labute approximate surface area is 119 Å². The Bertz CT molecular complexity index is 629. The maximum absolute atomic E-state index is 4.30. The van der Waals surface area contributed by atoms with E-state index in [0.717, 1.165) is 24.1 Å². The predicted molar refractivity (Wildman–Crippen MR) is 84.8 cm³/mol. The number of para-hydroxylation sites is 1. The highest BCUT2D eigenvalue weighted by atomic mass is 15.7. The molecule has 3 heteroatoms. The van der Waals surface area contributed by atoms with Gasteiger partial charge in [0.25, 0.3) is 0 Å². The van der Waals surface area contributed by atoms with E-state index in [2.05, 4.69) is 46.5 Å². The first-order valence-corrected chi connectivity index (χ1v) is 6.73. The second kappa shape index (κ2) is 5.61. The summed E-state index contributed by atoms with van der Waals surface area (Å²) in [5, 5.41) is 6.38. The van der Waals surface area contributed by atoms with Crippen molar-refractivity contribution in [2.75, 3.05) is 11.6 Å². The summed E-state index contributed by atoms with van der Waals surface area (Å²) in [5.41, 5.74) is 7.86. The van der Waals surface area contributed by atoms with E-state index >= 15 is 0 Å². The van der Waals surface area contributed by atoms with Gasteiger partial charge in [0.2, 0.25) is 0 Å². The molecule has 1 N–H and O–H groups in total. The van der Waals surface area contributed by atoms with Crippen LogP contribution in [0.5, 0.6) is 0 Å². The van der Waals surface area contributed by atoms with Crippen LogP contribution in [0.2, 0.25) is 0 Å². The number of benzene rings is 2. The van der Waals surface area contributed by atoms with Crippen LogP contribution in [0, 0.1) is 0 Å². The van der Waals surface area contributed by atoms with Crippen LogP contribution in [0.25, 0.3) is 6.08 Å². The molecule has 0 spiro atoms. The predicted octanol–water partition coefficient (Wildman–Crippen LogP) is 3.23. The molecule has 0 bridgehead atoms. The van der Waals surface area contributed by atoms with E-state index in [-0.39, 0.29) is 0 Å². The van der Waals surface area contributed by atoms with Gasteiger partial charge in [-0.3, -0.25) is 5.01 Å². The number of hydrazone groups is 1. The lowest BCUT2D eigenvalue weighted by Crippen LogP contribution is -2.32. The van der Waals surface area contributed by atoms with E-state index in [1.54, 1.807) is 0 Å². The molecule has 0 saturated heterocycles. The smallest absolute Gasteiger partial charge is 0.0620 e. The molecule has 0 aliphatic carbocycles. The van der Waals surface area contributed by atoms with Crippen LogP contribution < -0.4 is 10.5 Å².